The summed E-state index contributed by atoms with van der Waals surface area (Å²) in [6.45, 7) is 8.10. The van der Waals surface area contributed by atoms with Crippen molar-refractivity contribution in [1.29, 1.82) is 0 Å². The van der Waals surface area contributed by atoms with E-state index in [1.807, 2.05) is 18.2 Å². The van der Waals surface area contributed by atoms with Crippen LogP contribution in [0.3, 0.4) is 0 Å². The molecule has 4 heteroatoms. The molecule has 3 nitrogen and oxygen atoms in total. The van der Waals surface area contributed by atoms with E-state index < -0.39 is 0 Å². The smallest absolute Gasteiger partial charge is 0.128 e. The fourth-order valence-electron chi connectivity index (χ4n) is 2.71. The molecule has 0 spiro atoms. The third-order valence-electron chi connectivity index (χ3n) is 3.92. The lowest BCUT2D eigenvalue weighted by Crippen LogP contribution is -2.61. The monoisotopic (exact) mass is 311 g/mol. The largest absolute Gasteiger partial charge is 0.488 e. The molecule has 1 aromatic rings. The summed E-state index contributed by atoms with van der Waals surface area (Å²) in [5, 5.41) is 4.27. The highest BCUT2D eigenvalue weighted by Gasteiger charge is 2.43. The van der Waals surface area contributed by atoms with Gasteiger partial charge in [-0.3, -0.25) is 0 Å². The number of rotatable bonds is 8. The molecule has 1 saturated carbocycles. The number of hydrogen-bond donors (Lipinski definition) is 1. The normalized spacial score (nSPS) is 24.7. The molecule has 0 aromatic heterocycles. The lowest BCUT2D eigenvalue weighted by Gasteiger charge is -2.44. The van der Waals surface area contributed by atoms with Crippen LogP contribution in [0.2, 0.25) is 5.02 Å². The van der Waals surface area contributed by atoms with E-state index in [9.17, 15) is 0 Å². The molecule has 1 N–H and O–H groups in total. The Morgan fingerprint density at radius 2 is 2.10 bits per heavy atom. The minimum atomic E-state index is 0.131. The third-order valence-corrected chi connectivity index (χ3v) is 4.28. The van der Waals surface area contributed by atoms with Crippen LogP contribution >= 0.6 is 11.6 Å². The number of ether oxygens (including phenoxy) is 2. The highest BCUT2D eigenvalue weighted by Crippen LogP contribution is 2.31. The minimum Gasteiger partial charge on any atom is -0.488 e. The first-order chi connectivity index (χ1) is 10.2. The summed E-state index contributed by atoms with van der Waals surface area (Å²) in [6, 6.07) is 6.31. The van der Waals surface area contributed by atoms with Gasteiger partial charge >= 0.3 is 0 Å². The lowest BCUT2D eigenvalue weighted by molar-refractivity contribution is -0.107. The summed E-state index contributed by atoms with van der Waals surface area (Å²) in [7, 11) is 0. The Balaban J connectivity index is 1.98. The van der Waals surface area contributed by atoms with E-state index in [0.29, 0.717) is 6.04 Å². The molecule has 3 atom stereocenters. The van der Waals surface area contributed by atoms with Crippen LogP contribution in [0, 0.1) is 0 Å². The van der Waals surface area contributed by atoms with Gasteiger partial charge < -0.3 is 14.8 Å². The first kappa shape index (κ1) is 16.6. The van der Waals surface area contributed by atoms with Crippen molar-refractivity contribution in [2.24, 2.45) is 0 Å². The predicted octanol–water partition coefficient (Wildman–Crippen LogP) is 3.83. The molecule has 0 radical (unpaired) electrons. The molecular formula is C17H26ClNO2. The summed E-state index contributed by atoms with van der Waals surface area (Å²) < 4.78 is 12.1. The van der Waals surface area contributed by atoms with E-state index in [1.165, 1.54) is 0 Å². The number of benzene rings is 1. The fourth-order valence-corrected chi connectivity index (χ4v) is 2.96. The highest BCUT2D eigenvalue weighted by molar-refractivity contribution is 6.31. The van der Waals surface area contributed by atoms with Crippen LogP contribution in [0.25, 0.3) is 0 Å². The molecule has 1 aliphatic rings. The number of aryl methyl sites for hydroxylation is 1. The van der Waals surface area contributed by atoms with Gasteiger partial charge in [0.25, 0.3) is 0 Å². The minimum absolute atomic E-state index is 0.131. The van der Waals surface area contributed by atoms with Crippen molar-refractivity contribution in [2.75, 3.05) is 13.2 Å². The number of halogens is 1. The van der Waals surface area contributed by atoms with Crippen molar-refractivity contribution in [1.82, 2.24) is 5.32 Å². The zero-order valence-corrected chi connectivity index (χ0v) is 14.0. The fraction of sp³-hybridized carbons (Fsp3) is 0.647. The Bertz CT molecular complexity index is 452. The molecule has 0 bridgehead atoms. The quantitative estimate of drug-likeness (QED) is 0.791. The van der Waals surface area contributed by atoms with Gasteiger partial charge in [0.05, 0.1) is 0 Å². The SMILES string of the molecule is CCCOC1C(NCC)CC1Oc1ccc(Cl)c(CC)c1. The van der Waals surface area contributed by atoms with E-state index in [-0.39, 0.29) is 12.2 Å². The number of likely N-dealkylation sites (N-methyl/N-ethyl adjacent to an activating group) is 1. The van der Waals surface area contributed by atoms with E-state index in [2.05, 4.69) is 26.1 Å². The average molecular weight is 312 g/mol. The Hall–Kier alpha value is -0.770. The van der Waals surface area contributed by atoms with Crippen LogP contribution in [0.15, 0.2) is 18.2 Å². The summed E-state index contributed by atoms with van der Waals surface area (Å²) >= 11 is 6.15. The van der Waals surface area contributed by atoms with Crippen LogP contribution in [0.5, 0.6) is 5.75 Å². The van der Waals surface area contributed by atoms with E-state index >= 15 is 0 Å². The zero-order chi connectivity index (χ0) is 15.2. The van der Waals surface area contributed by atoms with Gasteiger partial charge in [-0.25, -0.2) is 0 Å². The van der Waals surface area contributed by atoms with Crippen LogP contribution < -0.4 is 10.1 Å². The molecule has 1 aliphatic carbocycles. The number of hydrogen-bond acceptors (Lipinski definition) is 3. The highest BCUT2D eigenvalue weighted by atomic mass is 35.5. The van der Waals surface area contributed by atoms with Gasteiger partial charge in [0.2, 0.25) is 0 Å². The zero-order valence-electron chi connectivity index (χ0n) is 13.2. The van der Waals surface area contributed by atoms with E-state index in [0.717, 1.165) is 48.7 Å². The topological polar surface area (TPSA) is 30.5 Å². The van der Waals surface area contributed by atoms with Crippen LogP contribution in [-0.2, 0) is 11.2 Å². The molecule has 1 fully saturated rings. The Labute approximate surface area is 133 Å². The molecule has 0 amide bonds. The molecule has 3 unspecified atom stereocenters. The van der Waals surface area contributed by atoms with Crippen molar-refractivity contribution >= 4 is 11.6 Å². The van der Waals surface area contributed by atoms with Crippen LogP contribution in [0.4, 0.5) is 0 Å². The molecule has 21 heavy (non-hydrogen) atoms. The third kappa shape index (κ3) is 4.12. The molecule has 0 saturated heterocycles. The maximum atomic E-state index is 6.15. The number of nitrogens with one attached hydrogen (secondary N) is 1. The van der Waals surface area contributed by atoms with Gasteiger partial charge in [0, 0.05) is 24.1 Å². The van der Waals surface area contributed by atoms with Crippen LogP contribution in [0.1, 0.15) is 39.2 Å². The van der Waals surface area contributed by atoms with Gasteiger partial charge in [0.1, 0.15) is 18.0 Å². The van der Waals surface area contributed by atoms with Crippen molar-refractivity contribution < 1.29 is 9.47 Å². The maximum Gasteiger partial charge on any atom is 0.128 e. The molecule has 1 aromatic carbocycles. The Morgan fingerprint density at radius 3 is 2.76 bits per heavy atom. The van der Waals surface area contributed by atoms with Crippen molar-refractivity contribution in [2.45, 2.75) is 58.3 Å². The standard InChI is InChI=1S/C17H26ClNO2/c1-4-9-20-17-15(19-6-3)11-16(17)21-13-7-8-14(18)12(5-2)10-13/h7-8,10,15-17,19H,4-6,9,11H2,1-3H3. The van der Waals surface area contributed by atoms with E-state index in [1.54, 1.807) is 0 Å². The molecule has 2 rings (SSSR count). The maximum absolute atomic E-state index is 6.15. The van der Waals surface area contributed by atoms with Crippen molar-refractivity contribution in [3.63, 3.8) is 0 Å². The second kappa shape index (κ2) is 8.02. The Kier molecular flexibility index (Phi) is 6.34. The first-order valence-corrected chi connectivity index (χ1v) is 8.37. The summed E-state index contributed by atoms with van der Waals surface area (Å²) in [4.78, 5) is 0. The first-order valence-electron chi connectivity index (χ1n) is 7.99. The van der Waals surface area contributed by atoms with E-state index in [4.69, 9.17) is 21.1 Å². The second-order valence-corrected chi connectivity index (χ2v) is 5.91. The summed E-state index contributed by atoms with van der Waals surface area (Å²) in [5.74, 6) is 0.890. The van der Waals surface area contributed by atoms with Crippen LogP contribution in [-0.4, -0.2) is 31.4 Å². The lowest BCUT2D eigenvalue weighted by atomic mass is 9.85. The van der Waals surface area contributed by atoms with Gasteiger partial charge in [-0.15, -0.1) is 0 Å². The Morgan fingerprint density at radius 1 is 1.29 bits per heavy atom. The summed E-state index contributed by atoms with van der Waals surface area (Å²) in [6.07, 6.45) is 3.21. The summed E-state index contributed by atoms with van der Waals surface area (Å²) in [5.41, 5.74) is 1.13. The van der Waals surface area contributed by atoms with Crippen molar-refractivity contribution in [3.05, 3.63) is 28.8 Å². The van der Waals surface area contributed by atoms with Gasteiger partial charge in [-0.2, -0.15) is 0 Å². The van der Waals surface area contributed by atoms with Gasteiger partial charge in [-0.05, 0) is 43.1 Å². The van der Waals surface area contributed by atoms with Gasteiger partial charge in [0.15, 0.2) is 0 Å². The molecule has 0 aliphatic heterocycles. The molecular weight excluding hydrogens is 286 g/mol. The predicted molar refractivity (Wildman–Crippen MR) is 87.4 cm³/mol. The average Bonchev–Trinajstić information content (AvgIpc) is 2.48. The molecule has 0 heterocycles. The molecule has 118 valence electrons. The second-order valence-electron chi connectivity index (χ2n) is 5.50. The van der Waals surface area contributed by atoms with Gasteiger partial charge in [-0.1, -0.05) is 32.4 Å². The van der Waals surface area contributed by atoms with Crippen molar-refractivity contribution in [3.8, 4) is 5.75 Å².